The number of rotatable bonds is 6. The summed E-state index contributed by atoms with van der Waals surface area (Å²) >= 11 is 0. The van der Waals surface area contributed by atoms with Crippen molar-refractivity contribution in [2.75, 3.05) is 13.7 Å². The van der Waals surface area contributed by atoms with Crippen LogP contribution in [0.2, 0.25) is 0 Å². The molecule has 0 aromatic heterocycles. The fourth-order valence-corrected chi connectivity index (χ4v) is 5.21. The normalized spacial score (nSPS) is 18.8. The van der Waals surface area contributed by atoms with E-state index in [1.807, 2.05) is 24.3 Å². The Morgan fingerprint density at radius 2 is 1.88 bits per heavy atom. The molecule has 1 atom stereocenters. The number of hydrogen-bond donors (Lipinski definition) is 0. The molecule has 25 heavy (non-hydrogen) atoms. The molecule has 134 valence electrons. The van der Waals surface area contributed by atoms with E-state index in [1.54, 1.807) is 35.7 Å². The zero-order valence-electron chi connectivity index (χ0n) is 14.6. The van der Waals surface area contributed by atoms with Gasteiger partial charge in [-0.05, 0) is 55.5 Å². The summed E-state index contributed by atoms with van der Waals surface area (Å²) in [6.45, 7) is 0.611. The lowest BCUT2D eigenvalue weighted by atomic mass is 9.98. The maximum atomic E-state index is 13.0. The number of hydrogen-bond acceptors (Lipinski definition) is 3. The van der Waals surface area contributed by atoms with Crippen LogP contribution in [0.1, 0.15) is 31.2 Å². The minimum Gasteiger partial charge on any atom is -0.497 e. The molecule has 1 saturated heterocycles. The molecule has 0 saturated carbocycles. The Morgan fingerprint density at radius 1 is 1.08 bits per heavy atom. The van der Waals surface area contributed by atoms with E-state index in [2.05, 4.69) is 6.07 Å². The summed E-state index contributed by atoms with van der Waals surface area (Å²) in [5.74, 6) is 0.843. The molecule has 1 unspecified atom stereocenters. The summed E-state index contributed by atoms with van der Waals surface area (Å²) in [4.78, 5) is 0.392. The first-order chi connectivity index (χ1) is 12.1. The standard InChI is InChI=1S/C20H25NO3S/c1-24-19-10-7-8-17(16-19)13-14-18-9-5-6-15-21(18)25(22,23)20-11-3-2-4-12-20/h2-4,7-8,10-12,16,18H,5-6,9,13-15H2,1H3. The quantitative estimate of drug-likeness (QED) is 0.786. The fraction of sp³-hybridized carbons (Fsp3) is 0.400. The van der Waals surface area contributed by atoms with Crippen molar-refractivity contribution in [2.24, 2.45) is 0 Å². The van der Waals surface area contributed by atoms with Crippen LogP contribution in [0.5, 0.6) is 5.75 Å². The Balaban J connectivity index is 1.75. The van der Waals surface area contributed by atoms with Gasteiger partial charge in [0.15, 0.2) is 0 Å². The molecular weight excluding hydrogens is 334 g/mol. The van der Waals surface area contributed by atoms with E-state index in [1.165, 1.54) is 5.56 Å². The lowest BCUT2D eigenvalue weighted by molar-refractivity contribution is 0.241. The Hall–Kier alpha value is -1.85. The van der Waals surface area contributed by atoms with Gasteiger partial charge in [0.1, 0.15) is 5.75 Å². The maximum absolute atomic E-state index is 13.0. The summed E-state index contributed by atoms with van der Waals surface area (Å²) in [5, 5.41) is 0. The molecule has 0 radical (unpaired) electrons. The number of sulfonamides is 1. The molecule has 1 heterocycles. The molecule has 0 spiro atoms. The second-order valence-corrected chi connectivity index (χ2v) is 8.36. The first-order valence-corrected chi connectivity index (χ1v) is 10.2. The van der Waals surface area contributed by atoms with Crippen molar-refractivity contribution >= 4 is 10.0 Å². The SMILES string of the molecule is COc1cccc(CCC2CCCCN2S(=O)(=O)c2ccccc2)c1. The molecule has 1 aliphatic rings. The lowest BCUT2D eigenvalue weighted by Gasteiger charge is -2.34. The molecule has 1 fully saturated rings. The highest BCUT2D eigenvalue weighted by Crippen LogP contribution is 2.28. The van der Waals surface area contributed by atoms with E-state index < -0.39 is 10.0 Å². The first kappa shape index (κ1) is 18.0. The predicted molar refractivity (Wildman–Crippen MR) is 99.3 cm³/mol. The maximum Gasteiger partial charge on any atom is 0.243 e. The van der Waals surface area contributed by atoms with Crippen LogP contribution in [0.3, 0.4) is 0 Å². The van der Waals surface area contributed by atoms with Crippen molar-refractivity contribution in [3.05, 3.63) is 60.2 Å². The van der Waals surface area contributed by atoms with Crippen LogP contribution < -0.4 is 4.74 Å². The third-order valence-corrected chi connectivity index (χ3v) is 6.79. The minimum absolute atomic E-state index is 0.0603. The summed E-state index contributed by atoms with van der Waals surface area (Å²) in [7, 11) is -1.76. The van der Waals surface area contributed by atoms with Crippen molar-refractivity contribution in [1.82, 2.24) is 4.31 Å². The van der Waals surface area contributed by atoms with E-state index in [4.69, 9.17) is 4.74 Å². The van der Waals surface area contributed by atoms with Gasteiger partial charge in [-0.25, -0.2) is 8.42 Å². The number of piperidine rings is 1. The molecule has 2 aromatic carbocycles. The highest BCUT2D eigenvalue weighted by molar-refractivity contribution is 7.89. The first-order valence-electron chi connectivity index (χ1n) is 8.81. The second kappa shape index (κ2) is 8.02. The number of nitrogens with zero attached hydrogens (tertiary/aromatic N) is 1. The van der Waals surface area contributed by atoms with Gasteiger partial charge in [0, 0.05) is 12.6 Å². The van der Waals surface area contributed by atoms with Crippen LogP contribution >= 0.6 is 0 Å². The van der Waals surface area contributed by atoms with Gasteiger partial charge in [0.25, 0.3) is 0 Å². The van der Waals surface area contributed by atoms with Gasteiger partial charge < -0.3 is 4.74 Å². The molecule has 1 aliphatic heterocycles. The van der Waals surface area contributed by atoms with E-state index in [-0.39, 0.29) is 6.04 Å². The molecule has 3 rings (SSSR count). The zero-order valence-corrected chi connectivity index (χ0v) is 15.4. The van der Waals surface area contributed by atoms with Crippen molar-refractivity contribution in [3.63, 3.8) is 0 Å². The van der Waals surface area contributed by atoms with Gasteiger partial charge in [-0.1, -0.05) is 36.8 Å². The van der Waals surface area contributed by atoms with Gasteiger partial charge in [0.2, 0.25) is 10.0 Å². The average Bonchev–Trinajstić information content (AvgIpc) is 2.67. The Morgan fingerprint density at radius 3 is 2.64 bits per heavy atom. The van der Waals surface area contributed by atoms with E-state index in [0.29, 0.717) is 11.4 Å². The zero-order chi connectivity index (χ0) is 17.7. The van der Waals surface area contributed by atoms with Crippen molar-refractivity contribution in [1.29, 1.82) is 0 Å². The smallest absolute Gasteiger partial charge is 0.243 e. The summed E-state index contributed by atoms with van der Waals surface area (Å²) < 4.78 is 33.0. The van der Waals surface area contributed by atoms with Crippen LogP contribution in [-0.4, -0.2) is 32.4 Å². The fourth-order valence-electron chi connectivity index (χ4n) is 3.47. The molecule has 0 bridgehead atoms. The second-order valence-electron chi connectivity index (χ2n) is 6.47. The van der Waals surface area contributed by atoms with Crippen LogP contribution in [0.25, 0.3) is 0 Å². The Bertz CT molecular complexity index is 790. The van der Waals surface area contributed by atoms with E-state index in [9.17, 15) is 8.42 Å². The average molecular weight is 359 g/mol. The van der Waals surface area contributed by atoms with Crippen LogP contribution in [-0.2, 0) is 16.4 Å². The van der Waals surface area contributed by atoms with Crippen LogP contribution in [0, 0.1) is 0 Å². The van der Waals surface area contributed by atoms with Crippen molar-refractivity contribution in [3.8, 4) is 5.75 Å². The van der Waals surface area contributed by atoms with Crippen LogP contribution in [0.15, 0.2) is 59.5 Å². The molecule has 2 aromatic rings. The van der Waals surface area contributed by atoms with Crippen molar-refractivity contribution < 1.29 is 13.2 Å². The number of benzene rings is 2. The molecule has 5 heteroatoms. The van der Waals surface area contributed by atoms with Gasteiger partial charge in [0.05, 0.1) is 12.0 Å². The monoisotopic (exact) mass is 359 g/mol. The summed E-state index contributed by atoms with van der Waals surface area (Å²) in [6, 6.07) is 16.8. The molecular formula is C20H25NO3S. The van der Waals surface area contributed by atoms with Gasteiger partial charge in [-0.2, -0.15) is 4.31 Å². The lowest BCUT2D eigenvalue weighted by Crippen LogP contribution is -2.43. The van der Waals surface area contributed by atoms with E-state index in [0.717, 1.165) is 37.9 Å². The minimum atomic E-state index is -3.42. The van der Waals surface area contributed by atoms with E-state index >= 15 is 0 Å². The predicted octanol–water partition coefficient (Wildman–Crippen LogP) is 3.87. The van der Waals surface area contributed by atoms with Crippen LogP contribution in [0.4, 0.5) is 0 Å². The number of methoxy groups -OCH3 is 1. The number of aryl methyl sites for hydroxylation is 1. The van der Waals surface area contributed by atoms with Gasteiger partial charge in [-0.3, -0.25) is 0 Å². The topological polar surface area (TPSA) is 46.6 Å². The molecule has 4 nitrogen and oxygen atoms in total. The Labute approximate surface area is 150 Å². The van der Waals surface area contributed by atoms with Gasteiger partial charge >= 0.3 is 0 Å². The Kier molecular flexibility index (Phi) is 5.76. The summed E-state index contributed by atoms with van der Waals surface area (Å²) in [5.41, 5.74) is 1.18. The molecule has 0 N–H and O–H groups in total. The highest BCUT2D eigenvalue weighted by atomic mass is 32.2. The molecule has 0 amide bonds. The third-order valence-electron chi connectivity index (χ3n) is 4.82. The molecule has 0 aliphatic carbocycles. The largest absolute Gasteiger partial charge is 0.497 e. The third kappa shape index (κ3) is 4.22. The highest BCUT2D eigenvalue weighted by Gasteiger charge is 2.32. The van der Waals surface area contributed by atoms with Gasteiger partial charge in [-0.15, -0.1) is 0 Å². The van der Waals surface area contributed by atoms with Crippen molar-refractivity contribution in [2.45, 2.75) is 43.0 Å². The number of ether oxygens (including phenoxy) is 1. The summed E-state index contributed by atoms with van der Waals surface area (Å²) in [6.07, 6.45) is 4.63.